The van der Waals surface area contributed by atoms with Crippen LogP contribution in [0, 0.1) is 23.7 Å². The van der Waals surface area contributed by atoms with Gasteiger partial charge in [-0.25, -0.2) is 0 Å². The highest BCUT2D eigenvalue weighted by Gasteiger charge is 2.58. The second-order valence-corrected chi connectivity index (χ2v) is 9.09. The zero-order valence-corrected chi connectivity index (χ0v) is 21.4. The van der Waals surface area contributed by atoms with Crippen molar-refractivity contribution >= 4 is 41.8 Å². The Hall–Kier alpha value is -1.94. The second kappa shape index (κ2) is 10.8. The third-order valence-electron chi connectivity index (χ3n) is 6.62. The van der Waals surface area contributed by atoms with Gasteiger partial charge in [-0.3, -0.25) is 19.5 Å². The minimum absolute atomic E-state index is 0. The number of carbonyl (C=O) groups excluding carboxylic acids is 2. The van der Waals surface area contributed by atoms with Gasteiger partial charge in [-0.15, -0.1) is 24.0 Å². The van der Waals surface area contributed by atoms with E-state index < -0.39 is 0 Å². The van der Waals surface area contributed by atoms with E-state index in [1.54, 1.807) is 7.05 Å². The lowest BCUT2D eigenvalue weighted by atomic mass is 9.85. The Kier molecular flexibility index (Phi) is 8.32. The molecular weight excluding hydrogens is 517 g/mol. The maximum absolute atomic E-state index is 12.7. The Balaban J connectivity index is 0.00000289. The number of hydrogen-bond acceptors (Lipinski definition) is 4. The molecule has 32 heavy (non-hydrogen) atoms. The van der Waals surface area contributed by atoms with Gasteiger partial charge >= 0.3 is 0 Å². The molecule has 2 fully saturated rings. The number of nitrogens with zero attached hydrogens (tertiary/aromatic N) is 3. The average molecular weight is 551 g/mol. The van der Waals surface area contributed by atoms with Crippen LogP contribution in [-0.4, -0.2) is 61.8 Å². The fourth-order valence-corrected chi connectivity index (χ4v) is 5.16. The summed E-state index contributed by atoms with van der Waals surface area (Å²) in [7, 11) is 5.87. The van der Waals surface area contributed by atoms with Crippen molar-refractivity contribution in [1.29, 1.82) is 0 Å². The van der Waals surface area contributed by atoms with Gasteiger partial charge in [-0.1, -0.05) is 36.4 Å². The van der Waals surface area contributed by atoms with E-state index >= 15 is 0 Å². The number of carbonyl (C=O) groups is 2. The molecule has 1 saturated heterocycles. The van der Waals surface area contributed by atoms with E-state index in [1.807, 2.05) is 0 Å². The molecule has 2 amide bonds. The Morgan fingerprint density at radius 2 is 1.62 bits per heavy atom. The number of nitrogens with one attached hydrogen (secondary N) is 2. The summed E-state index contributed by atoms with van der Waals surface area (Å²) in [5.41, 5.74) is 2.48. The molecule has 1 heterocycles. The van der Waals surface area contributed by atoms with Crippen LogP contribution in [0.1, 0.15) is 24.0 Å². The van der Waals surface area contributed by atoms with Crippen LogP contribution >= 0.6 is 24.0 Å². The van der Waals surface area contributed by atoms with Gasteiger partial charge in [-0.2, -0.15) is 0 Å². The van der Waals surface area contributed by atoms with E-state index in [0.717, 1.165) is 18.9 Å². The summed E-state index contributed by atoms with van der Waals surface area (Å²) in [6, 6.07) is 8.55. The zero-order chi connectivity index (χ0) is 22.0. The zero-order valence-electron chi connectivity index (χ0n) is 19.1. The van der Waals surface area contributed by atoms with Crippen molar-refractivity contribution in [2.45, 2.75) is 25.9 Å². The van der Waals surface area contributed by atoms with E-state index in [9.17, 15) is 9.59 Å². The van der Waals surface area contributed by atoms with E-state index in [0.29, 0.717) is 26.1 Å². The Bertz CT molecular complexity index is 853. The van der Waals surface area contributed by atoms with E-state index in [1.165, 1.54) is 16.0 Å². The molecule has 3 aliphatic rings. The third-order valence-corrected chi connectivity index (χ3v) is 6.62. The molecule has 0 radical (unpaired) electrons. The van der Waals surface area contributed by atoms with Crippen LogP contribution in [-0.2, 0) is 22.7 Å². The van der Waals surface area contributed by atoms with Gasteiger partial charge < -0.3 is 15.5 Å². The van der Waals surface area contributed by atoms with Gasteiger partial charge in [-0.05, 0) is 49.9 Å². The molecule has 4 rings (SSSR count). The number of halogens is 1. The molecule has 2 aliphatic carbocycles. The second-order valence-electron chi connectivity index (χ2n) is 9.09. The van der Waals surface area contributed by atoms with Crippen molar-refractivity contribution in [3.8, 4) is 0 Å². The number of imide groups is 1. The highest BCUT2D eigenvalue weighted by Crippen LogP contribution is 2.52. The first kappa shape index (κ1) is 24.7. The van der Waals surface area contributed by atoms with Gasteiger partial charge in [0.2, 0.25) is 11.8 Å². The van der Waals surface area contributed by atoms with Crippen molar-refractivity contribution < 1.29 is 9.59 Å². The first-order chi connectivity index (χ1) is 15.0. The Morgan fingerprint density at radius 1 is 1.03 bits per heavy atom. The number of hydrogen-bond donors (Lipinski definition) is 2. The maximum Gasteiger partial charge on any atom is 0.233 e. The van der Waals surface area contributed by atoms with Crippen molar-refractivity contribution in [2.24, 2.45) is 28.7 Å². The first-order valence-electron chi connectivity index (χ1n) is 11.2. The molecule has 4 atom stereocenters. The molecule has 1 aromatic rings. The van der Waals surface area contributed by atoms with Gasteiger partial charge in [0, 0.05) is 33.2 Å². The van der Waals surface area contributed by atoms with Crippen LogP contribution in [0.2, 0.25) is 0 Å². The number of amides is 2. The van der Waals surface area contributed by atoms with Gasteiger partial charge in [0.1, 0.15) is 0 Å². The fraction of sp³-hybridized carbons (Fsp3) is 0.542. The highest BCUT2D eigenvalue weighted by molar-refractivity contribution is 14.0. The van der Waals surface area contributed by atoms with E-state index in [4.69, 9.17) is 0 Å². The maximum atomic E-state index is 12.7. The summed E-state index contributed by atoms with van der Waals surface area (Å²) < 4.78 is 0. The monoisotopic (exact) mass is 551 g/mol. The molecule has 1 saturated carbocycles. The van der Waals surface area contributed by atoms with Gasteiger partial charge in [0.15, 0.2) is 5.96 Å². The molecule has 2 N–H and O–H groups in total. The molecule has 0 aromatic heterocycles. The van der Waals surface area contributed by atoms with Crippen LogP contribution in [0.5, 0.6) is 0 Å². The summed E-state index contributed by atoms with van der Waals surface area (Å²) in [5, 5.41) is 6.60. The number of fused-ring (bicyclic) bond motifs is 5. The standard InChI is InChI=1S/C24H33N5O2.HI/c1-25-24(27-14-16-5-7-17(8-6-16)15-28(2)3)26-11-4-12-29-22(30)20-18-9-10-19(13-18)21(20)23(29)31;/h5-10,18-21H,4,11-15H2,1-3H3,(H2,25,26,27);1H. The molecule has 8 heteroatoms. The number of likely N-dealkylation sites (tertiary alicyclic amines) is 1. The van der Waals surface area contributed by atoms with Crippen LogP contribution in [0.3, 0.4) is 0 Å². The SMILES string of the molecule is CN=C(NCCCN1C(=O)C2C3C=CC(C3)C2C1=O)NCc1ccc(CN(C)C)cc1.I. The normalized spacial score (nSPS) is 26.0. The largest absolute Gasteiger partial charge is 0.356 e. The lowest BCUT2D eigenvalue weighted by Crippen LogP contribution is -2.39. The molecule has 2 bridgehead atoms. The number of rotatable bonds is 8. The van der Waals surface area contributed by atoms with Crippen LogP contribution in [0.4, 0.5) is 0 Å². The molecular formula is C24H34IN5O2. The molecule has 1 aliphatic heterocycles. The predicted molar refractivity (Wildman–Crippen MR) is 137 cm³/mol. The minimum atomic E-state index is -0.103. The third kappa shape index (κ3) is 5.17. The molecule has 1 aromatic carbocycles. The summed E-state index contributed by atoms with van der Waals surface area (Å²) >= 11 is 0. The topological polar surface area (TPSA) is 77.0 Å². The van der Waals surface area contributed by atoms with Crippen molar-refractivity contribution in [2.75, 3.05) is 34.2 Å². The summed E-state index contributed by atoms with van der Waals surface area (Å²) in [6.07, 6.45) is 5.95. The predicted octanol–water partition coefficient (Wildman–Crippen LogP) is 2.23. The smallest absolute Gasteiger partial charge is 0.233 e. The lowest BCUT2D eigenvalue weighted by Gasteiger charge is -2.18. The average Bonchev–Trinajstić information content (AvgIpc) is 3.43. The van der Waals surface area contributed by atoms with Crippen LogP contribution < -0.4 is 10.6 Å². The minimum Gasteiger partial charge on any atom is -0.356 e. The van der Waals surface area contributed by atoms with E-state index in [2.05, 4.69) is 71.0 Å². The molecule has 0 spiro atoms. The van der Waals surface area contributed by atoms with Crippen molar-refractivity contribution in [3.63, 3.8) is 0 Å². The summed E-state index contributed by atoms with van der Waals surface area (Å²) in [4.78, 5) is 33.4. The number of benzene rings is 1. The number of allylic oxidation sites excluding steroid dienone is 2. The number of aliphatic imine (C=N–C) groups is 1. The van der Waals surface area contributed by atoms with Crippen LogP contribution in [0.25, 0.3) is 0 Å². The van der Waals surface area contributed by atoms with Crippen molar-refractivity contribution in [1.82, 2.24) is 20.4 Å². The summed E-state index contributed by atoms with van der Waals surface area (Å²) in [5.74, 6) is 1.13. The quantitative estimate of drug-likeness (QED) is 0.130. The fourth-order valence-electron chi connectivity index (χ4n) is 5.16. The van der Waals surface area contributed by atoms with Crippen LogP contribution in [0.15, 0.2) is 41.4 Å². The highest BCUT2D eigenvalue weighted by atomic mass is 127. The van der Waals surface area contributed by atoms with Gasteiger partial charge in [0.25, 0.3) is 0 Å². The Morgan fingerprint density at radius 3 is 2.19 bits per heavy atom. The van der Waals surface area contributed by atoms with Gasteiger partial charge in [0.05, 0.1) is 11.8 Å². The lowest BCUT2D eigenvalue weighted by molar-refractivity contribution is -0.140. The van der Waals surface area contributed by atoms with E-state index in [-0.39, 0.29) is 59.5 Å². The molecule has 7 nitrogen and oxygen atoms in total. The van der Waals surface area contributed by atoms with Crippen molar-refractivity contribution in [3.05, 3.63) is 47.5 Å². The Labute approximate surface area is 207 Å². The molecule has 4 unspecified atom stereocenters. The first-order valence-corrected chi connectivity index (χ1v) is 11.2. The molecule has 174 valence electrons. The summed E-state index contributed by atoms with van der Waals surface area (Å²) in [6.45, 7) is 2.74. The number of guanidine groups is 1.